The molecule has 18 heavy (non-hydrogen) atoms. The number of aromatic nitrogens is 2. The van der Waals surface area contributed by atoms with Crippen molar-refractivity contribution in [2.45, 2.75) is 6.54 Å². The number of ether oxygens (including phenoxy) is 1. The van der Waals surface area contributed by atoms with Crippen LogP contribution in [-0.4, -0.2) is 23.2 Å². The highest BCUT2D eigenvalue weighted by Gasteiger charge is 2.10. The number of rotatable bonds is 4. The molecule has 2 rings (SSSR count). The number of nitrogens with two attached hydrogens (primary N) is 1. The van der Waals surface area contributed by atoms with Gasteiger partial charge < -0.3 is 15.8 Å². The topological polar surface area (TPSA) is 93.0 Å². The Kier molecular flexibility index (Phi) is 3.47. The van der Waals surface area contributed by atoms with Crippen LogP contribution in [0.15, 0.2) is 30.5 Å². The number of amides is 1. The van der Waals surface area contributed by atoms with E-state index in [1.165, 1.54) is 6.20 Å². The minimum absolute atomic E-state index is 0.276. The van der Waals surface area contributed by atoms with Crippen LogP contribution in [0.2, 0.25) is 0 Å². The molecule has 0 unspecified atom stereocenters. The van der Waals surface area contributed by atoms with Crippen LogP contribution >= 0.6 is 0 Å². The molecule has 0 aliphatic rings. The monoisotopic (exact) mass is 246 g/mol. The molecule has 0 aliphatic heterocycles. The molecule has 0 radical (unpaired) electrons. The van der Waals surface area contributed by atoms with E-state index in [-0.39, 0.29) is 11.6 Å². The largest absolute Gasteiger partial charge is 0.497 e. The van der Waals surface area contributed by atoms with Gasteiger partial charge >= 0.3 is 0 Å². The fourth-order valence-electron chi connectivity index (χ4n) is 1.53. The second-order valence-electron chi connectivity index (χ2n) is 3.73. The van der Waals surface area contributed by atoms with Gasteiger partial charge in [-0.2, -0.15) is 5.10 Å². The third-order valence-corrected chi connectivity index (χ3v) is 2.48. The maximum Gasteiger partial charge on any atom is 0.271 e. The first-order valence-corrected chi connectivity index (χ1v) is 5.40. The van der Waals surface area contributed by atoms with Gasteiger partial charge in [0.05, 0.1) is 19.0 Å². The fourth-order valence-corrected chi connectivity index (χ4v) is 1.53. The summed E-state index contributed by atoms with van der Waals surface area (Å²) < 4.78 is 5.10. The highest BCUT2D eigenvalue weighted by molar-refractivity contribution is 5.96. The van der Waals surface area contributed by atoms with Crippen molar-refractivity contribution < 1.29 is 9.53 Å². The summed E-state index contributed by atoms with van der Waals surface area (Å²) in [4.78, 5) is 11.8. The van der Waals surface area contributed by atoms with E-state index in [0.29, 0.717) is 12.2 Å². The number of anilines is 1. The molecule has 0 saturated heterocycles. The van der Waals surface area contributed by atoms with Gasteiger partial charge in [0.1, 0.15) is 11.4 Å². The van der Waals surface area contributed by atoms with Crippen LogP contribution in [0.4, 0.5) is 5.69 Å². The van der Waals surface area contributed by atoms with Crippen LogP contribution in [0.5, 0.6) is 5.75 Å². The van der Waals surface area contributed by atoms with Crippen molar-refractivity contribution in [1.29, 1.82) is 0 Å². The zero-order chi connectivity index (χ0) is 13.0. The molecule has 0 fully saturated rings. The zero-order valence-electron chi connectivity index (χ0n) is 9.93. The number of benzene rings is 1. The van der Waals surface area contributed by atoms with Gasteiger partial charge in [-0.15, -0.1) is 0 Å². The van der Waals surface area contributed by atoms with E-state index in [9.17, 15) is 4.79 Å². The van der Waals surface area contributed by atoms with Gasteiger partial charge in [0.15, 0.2) is 0 Å². The predicted octanol–water partition coefficient (Wildman–Crippen LogP) is 0.930. The van der Waals surface area contributed by atoms with Gasteiger partial charge in [-0.05, 0) is 17.7 Å². The SMILES string of the molecule is COc1cccc(CNC(=O)c2[nH]ncc2N)c1. The number of H-pyrrole nitrogens is 1. The minimum Gasteiger partial charge on any atom is -0.497 e. The van der Waals surface area contributed by atoms with Crippen molar-refractivity contribution >= 4 is 11.6 Å². The summed E-state index contributed by atoms with van der Waals surface area (Å²) >= 11 is 0. The average Bonchev–Trinajstić information content (AvgIpc) is 2.82. The number of methoxy groups -OCH3 is 1. The number of nitrogens with one attached hydrogen (secondary N) is 2. The second kappa shape index (κ2) is 5.22. The fraction of sp³-hybridized carbons (Fsp3) is 0.167. The average molecular weight is 246 g/mol. The van der Waals surface area contributed by atoms with E-state index >= 15 is 0 Å². The van der Waals surface area contributed by atoms with Gasteiger partial charge in [0.25, 0.3) is 5.91 Å². The van der Waals surface area contributed by atoms with Gasteiger partial charge in [-0.3, -0.25) is 9.89 Å². The molecule has 6 nitrogen and oxygen atoms in total. The molecule has 0 atom stereocenters. The van der Waals surface area contributed by atoms with Crippen LogP contribution < -0.4 is 15.8 Å². The van der Waals surface area contributed by atoms with E-state index in [1.54, 1.807) is 7.11 Å². The highest BCUT2D eigenvalue weighted by Crippen LogP contribution is 2.12. The van der Waals surface area contributed by atoms with E-state index in [0.717, 1.165) is 11.3 Å². The maximum atomic E-state index is 11.8. The first-order valence-electron chi connectivity index (χ1n) is 5.40. The summed E-state index contributed by atoms with van der Waals surface area (Å²) in [6.45, 7) is 0.397. The van der Waals surface area contributed by atoms with Crippen molar-refractivity contribution in [3.63, 3.8) is 0 Å². The Morgan fingerprint density at radius 2 is 2.39 bits per heavy atom. The number of nitrogens with zero attached hydrogens (tertiary/aromatic N) is 1. The Hall–Kier alpha value is -2.50. The van der Waals surface area contributed by atoms with Gasteiger partial charge in [0.2, 0.25) is 0 Å². The lowest BCUT2D eigenvalue weighted by atomic mass is 10.2. The molecule has 1 aromatic carbocycles. The van der Waals surface area contributed by atoms with Crippen LogP contribution in [0.3, 0.4) is 0 Å². The van der Waals surface area contributed by atoms with Gasteiger partial charge in [-0.25, -0.2) is 0 Å². The van der Waals surface area contributed by atoms with Gasteiger partial charge in [-0.1, -0.05) is 12.1 Å². The van der Waals surface area contributed by atoms with Gasteiger partial charge in [0, 0.05) is 6.54 Å². The van der Waals surface area contributed by atoms with E-state index in [1.807, 2.05) is 24.3 Å². The molecular formula is C12H14N4O2. The molecule has 1 aromatic heterocycles. The smallest absolute Gasteiger partial charge is 0.271 e. The molecule has 0 spiro atoms. The van der Waals surface area contributed by atoms with Crippen molar-refractivity contribution in [2.24, 2.45) is 0 Å². The molecule has 2 aromatic rings. The summed E-state index contributed by atoms with van der Waals surface area (Å²) in [6.07, 6.45) is 1.40. The third kappa shape index (κ3) is 2.60. The normalized spacial score (nSPS) is 10.1. The number of hydrogen-bond donors (Lipinski definition) is 3. The Balaban J connectivity index is 1.99. The number of carbonyl (C=O) groups excluding carboxylic acids is 1. The van der Waals surface area contributed by atoms with Crippen LogP contribution in [0.25, 0.3) is 0 Å². The van der Waals surface area contributed by atoms with E-state index in [2.05, 4.69) is 15.5 Å². The second-order valence-corrected chi connectivity index (χ2v) is 3.73. The molecule has 4 N–H and O–H groups in total. The number of carbonyl (C=O) groups is 1. The summed E-state index contributed by atoms with van der Waals surface area (Å²) in [5, 5.41) is 8.99. The summed E-state index contributed by atoms with van der Waals surface area (Å²) in [5.41, 5.74) is 7.13. The first-order chi connectivity index (χ1) is 8.70. The van der Waals surface area contributed by atoms with Crippen LogP contribution in [0, 0.1) is 0 Å². The van der Waals surface area contributed by atoms with Crippen molar-refractivity contribution in [2.75, 3.05) is 12.8 Å². The molecule has 0 aliphatic carbocycles. The Bertz CT molecular complexity index is 551. The van der Waals surface area contributed by atoms with Crippen molar-refractivity contribution in [3.8, 4) is 5.75 Å². The first kappa shape index (κ1) is 12.0. The molecule has 0 bridgehead atoms. The molecule has 6 heteroatoms. The summed E-state index contributed by atoms with van der Waals surface area (Å²) in [6, 6.07) is 7.47. The third-order valence-electron chi connectivity index (χ3n) is 2.48. The molecular weight excluding hydrogens is 232 g/mol. The lowest BCUT2D eigenvalue weighted by Gasteiger charge is -2.06. The Morgan fingerprint density at radius 1 is 1.56 bits per heavy atom. The lowest BCUT2D eigenvalue weighted by Crippen LogP contribution is -2.24. The molecule has 1 amide bonds. The van der Waals surface area contributed by atoms with Crippen molar-refractivity contribution in [3.05, 3.63) is 41.7 Å². The lowest BCUT2D eigenvalue weighted by molar-refractivity contribution is 0.0946. The predicted molar refractivity (Wildman–Crippen MR) is 67.2 cm³/mol. The molecule has 0 saturated carbocycles. The van der Waals surface area contributed by atoms with Crippen LogP contribution in [-0.2, 0) is 6.54 Å². The minimum atomic E-state index is -0.284. The standard InChI is InChI=1S/C12H14N4O2/c1-18-9-4-2-3-8(5-9)6-14-12(17)11-10(13)7-15-16-11/h2-5,7H,6,13H2,1H3,(H,14,17)(H,15,16). The molecule has 94 valence electrons. The maximum absolute atomic E-state index is 11.8. The Labute approximate surface area is 104 Å². The summed E-state index contributed by atoms with van der Waals surface area (Å²) in [7, 11) is 1.60. The van der Waals surface area contributed by atoms with E-state index in [4.69, 9.17) is 10.5 Å². The number of nitrogen functional groups attached to an aromatic ring is 1. The highest BCUT2D eigenvalue weighted by atomic mass is 16.5. The number of hydrogen-bond acceptors (Lipinski definition) is 4. The zero-order valence-corrected chi connectivity index (χ0v) is 9.93. The Morgan fingerprint density at radius 3 is 3.06 bits per heavy atom. The summed E-state index contributed by atoms with van der Waals surface area (Å²) in [5.74, 6) is 0.468. The van der Waals surface area contributed by atoms with Crippen molar-refractivity contribution in [1.82, 2.24) is 15.5 Å². The molecule has 1 heterocycles. The number of aromatic amines is 1. The van der Waals surface area contributed by atoms with E-state index < -0.39 is 0 Å². The quantitative estimate of drug-likeness (QED) is 0.748. The van der Waals surface area contributed by atoms with Crippen LogP contribution in [0.1, 0.15) is 16.1 Å².